The van der Waals surface area contributed by atoms with E-state index in [4.69, 9.17) is 7.98 Å². The minimum atomic E-state index is 1.39. The van der Waals surface area contributed by atoms with Crippen LogP contribution in [0.2, 0.25) is 0 Å². The first-order valence-corrected chi connectivity index (χ1v) is 1.93. The van der Waals surface area contributed by atoms with Crippen molar-refractivity contribution in [3.63, 3.8) is 0 Å². The standard InChI is InChI=1S/B4H2N3/c1-7-3-5-2-6-4-7/h5-6H. The molecule has 0 amide bonds. The van der Waals surface area contributed by atoms with Crippen molar-refractivity contribution in [1.82, 2.24) is 14.9 Å². The summed E-state index contributed by atoms with van der Waals surface area (Å²) < 4.78 is 1.39. The number of hydrogen-bond donors (Lipinski definition) is 2. The number of rotatable bonds is 0. The molecule has 0 aromatic rings. The lowest BCUT2D eigenvalue weighted by Gasteiger charge is -2.19. The van der Waals surface area contributed by atoms with Gasteiger partial charge >= 0.3 is 0 Å². The van der Waals surface area contributed by atoms with Crippen LogP contribution in [-0.2, 0) is 0 Å². The first kappa shape index (κ1) is 5.28. The Morgan fingerprint density at radius 3 is 2.14 bits per heavy atom. The molecule has 0 bridgehead atoms. The minimum absolute atomic E-state index is 1.39. The number of hydrogen-bond acceptors (Lipinski definition) is 3. The van der Waals surface area contributed by atoms with Gasteiger partial charge in [0.15, 0.2) is 7.98 Å². The highest BCUT2D eigenvalue weighted by molar-refractivity contribution is 6.70. The third-order valence-electron chi connectivity index (χ3n) is 0.614. The zero-order valence-electron chi connectivity index (χ0n) is 3.76. The van der Waals surface area contributed by atoms with Gasteiger partial charge in [-0.2, -0.15) is 0 Å². The van der Waals surface area contributed by atoms with Gasteiger partial charge in [-0.25, -0.2) is 0 Å². The molecule has 0 saturated carbocycles. The Morgan fingerprint density at radius 1 is 1.29 bits per heavy atom. The van der Waals surface area contributed by atoms with E-state index in [-0.39, 0.29) is 0 Å². The van der Waals surface area contributed by atoms with Crippen molar-refractivity contribution < 1.29 is 0 Å². The normalized spacial score (nSPS) is 21.7. The number of nitrogens with one attached hydrogen (secondary N) is 2. The summed E-state index contributed by atoms with van der Waals surface area (Å²) in [4.78, 5) is 0. The molecular weight excluding hydrogens is 85.3 g/mol. The van der Waals surface area contributed by atoms with Crippen LogP contribution in [0.4, 0.5) is 0 Å². The van der Waals surface area contributed by atoms with E-state index in [2.05, 4.69) is 10.3 Å². The highest BCUT2D eigenvalue weighted by Crippen LogP contribution is 1.67. The molecular formula is H2B4N3. The fourth-order valence-corrected chi connectivity index (χ4v) is 0.332. The van der Waals surface area contributed by atoms with Gasteiger partial charge < -0.3 is 14.9 Å². The van der Waals surface area contributed by atoms with Gasteiger partial charge in [0.1, 0.15) is 0 Å². The molecule has 7 heavy (non-hydrogen) atoms. The summed E-state index contributed by atoms with van der Waals surface area (Å²) in [5.74, 6) is 0. The van der Waals surface area contributed by atoms with E-state index in [1.54, 1.807) is 22.6 Å². The van der Waals surface area contributed by atoms with Crippen LogP contribution in [0.25, 0.3) is 0 Å². The Balaban J connectivity index is 2.12. The van der Waals surface area contributed by atoms with Gasteiger partial charge in [0.2, 0.25) is 0 Å². The van der Waals surface area contributed by atoms with E-state index < -0.39 is 0 Å². The van der Waals surface area contributed by atoms with Crippen LogP contribution in [0, 0.1) is 0 Å². The van der Waals surface area contributed by atoms with Gasteiger partial charge in [0.05, 0.1) is 0 Å². The molecule has 2 N–H and O–H groups in total. The summed E-state index contributed by atoms with van der Waals surface area (Å²) in [6, 6.07) is 0. The van der Waals surface area contributed by atoms with E-state index in [9.17, 15) is 0 Å². The van der Waals surface area contributed by atoms with Crippen molar-refractivity contribution in [2.45, 2.75) is 0 Å². The average molecular weight is 87.3 g/mol. The summed E-state index contributed by atoms with van der Waals surface area (Å²) in [5.41, 5.74) is 0. The molecule has 0 aromatic carbocycles. The van der Waals surface area contributed by atoms with Crippen LogP contribution in [-0.4, -0.2) is 35.3 Å². The van der Waals surface area contributed by atoms with Gasteiger partial charge in [-0.3, -0.25) is 0 Å². The smallest absolute Gasteiger partial charge is 0.284 e. The molecule has 0 spiro atoms. The Morgan fingerprint density at radius 2 is 1.86 bits per heavy atom. The zero-order chi connectivity index (χ0) is 5.11. The lowest BCUT2D eigenvalue weighted by molar-refractivity contribution is 1.03. The number of nitrogens with zero attached hydrogens (tertiary/aromatic N) is 1. The minimum Gasteiger partial charge on any atom is -0.418 e. The Hall–Kier alpha value is 0.140. The summed E-state index contributed by atoms with van der Waals surface area (Å²) in [5, 5.41) is 5.49. The van der Waals surface area contributed by atoms with Gasteiger partial charge in [-0.15, -0.1) is 0 Å². The average Bonchev–Trinajstić information content (AvgIpc) is 1.69. The maximum atomic E-state index is 5.21. The highest BCUT2D eigenvalue weighted by atomic mass is 15.1. The summed E-state index contributed by atoms with van der Waals surface area (Å²) >= 11 is 0. The SMILES string of the molecule is [B]N1[B]N[B]N[B]1. The lowest BCUT2D eigenvalue weighted by atomic mass is 9.77. The van der Waals surface area contributed by atoms with Crippen LogP contribution in [0.15, 0.2) is 0 Å². The molecule has 3 nitrogen and oxygen atoms in total. The maximum absolute atomic E-state index is 5.21. The molecule has 1 fully saturated rings. The first-order chi connectivity index (χ1) is 3.39. The van der Waals surface area contributed by atoms with E-state index in [0.717, 1.165) is 0 Å². The molecule has 0 aliphatic carbocycles. The molecule has 0 aromatic heterocycles. The van der Waals surface area contributed by atoms with Crippen molar-refractivity contribution >= 4 is 30.6 Å². The maximum Gasteiger partial charge on any atom is 0.284 e. The molecule has 1 aliphatic heterocycles. The van der Waals surface area contributed by atoms with Crippen LogP contribution >= 0.6 is 0 Å². The van der Waals surface area contributed by atoms with Crippen LogP contribution < -0.4 is 10.3 Å². The van der Waals surface area contributed by atoms with Gasteiger partial charge in [-0.1, -0.05) is 0 Å². The molecule has 7 heteroatoms. The monoisotopic (exact) mass is 88.1 g/mol. The van der Waals surface area contributed by atoms with Crippen LogP contribution in [0.1, 0.15) is 0 Å². The Kier molecular flexibility index (Phi) is 1.85. The molecule has 1 rings (SSSR count). The molecule has 0 atom stereocenters. The highest BCUT2D eigenvalue weighted by Gasteiger charge is 2.06. The van der Waals surface area contributed by atoms with E-state index in [0.29, 0.717) is 0 Å². The van der Waals surface area contributed by atoms with E-state index in [1.165, 1.54) is 4.63 Å². The lowest BCUT2D eigenvalue weighted by Crippen LogP contribution is -2.56. The predicted octanol–water partition coefficient (Wildman–Crippen LogP) is -2.83. The van der Waals surface area contributed by atoms with Crippen molar-refractivity contribution in [1.29, 1.82) is 0 Å². The fraction of sp³-hybridized carbons (Fsp3) is 0. The molecule has 1 saturated heterocycles. The quantitative estimate of drug-likeness (QED) is 0.312. The third kappa shape index (κ3) is 1.59. The van der Waals surface area contributed by atoms with Crippen LogP contribution in [0.3, 0.4) is 0 Å². The van der Waals surface area contributed by atoms with Crippen molar-refractivity contribution in [3.05, 3.63) is 0 Å². The van der Waals surface area contributed by atoms with Crippen molar-refractivity contribution in [2.24, 2.45) is 0 Å². The fourth-order valence-electron chi connectivity index (χ4n) is 0.332. The van der Waals surface area contributed by atoms with Gasteiger partial charge in [0, 0.05) is 0 Å². The molecule has 5 radical (unpaired) electrons. The molecule has 0 unspecified atom stereocenters. The second-order valence-electron chi connectivity index (χ2n) is 1.18. The zero-order valence-corrected chi connectivity index (χ0v) is 3.76. The van der Waals surface area contributed by atoms with Crippen LogP contribution in [0.5, 0.6) is 0 Å². The summed E-state index contributed by atoms with van der Waals surface area (Å²) in [7, 11) is 10.1. The van der Waals surface area contributed by atoms with Gasteiger partial charge in [-0.05, 0) is 0 Å². The summed E-state index contributed by atoms with van der Waals surface area (Å²) in [6.45, 7) is 0. The van der Waals surface area contributed by atoms with Gasteiger partial charge in [0.25, 0.3) is 22.6 Å². The van der Waals surface area contributed by atoms with Crippen molar-refractivity contribution in [3.8, 4) is 0 Å². The predicted molar refractivity (Wildman–Crippen MR) is 31.1 cm³/mol. The molecule has 1 aliphatic rings. The second kappa shape index (κ2) is 2.45. The Bertz CT molecular complexity index is 48.9. The summed E-state index contributed by atoms with van der Waals surface area (Å²) in [6.07, 6.45) is 0. The van der Waals surface area contributed by atoms with Crippen molar-refractivity contribution in [2.75, 3.05) is 0 Å². The van der Waals surface area contributed by atoms with E-state index in [1.807, 2.05) is 0 Å². The Labute approximate surface area is 46.5 Å². The first-order valence-electron chi connectivity index (χ1n) is 1.93. The molecule has 1 heterocycles. The largest absolute Gasteiger partial charge is 0.418 e. The second-order valence-corrected chi connectivity index (χ2v) is 1.18. The topological polar surface area (TPSA) is 27.3 Å². The third-order valence-corrected chi connectivity index (χ3v) is 0.614. The van der Waals surface area contributed by atoms with E-state index >= 15 is 0 Å². The molecule has 29 valence electrons.